The minimum absolute atomic E-state index is 0.280. The van der Waals surface area contributed by atoms with Gasteiger partial charge in [0.25, 0.3) is 0 Å². The average molecular weight is 292 g/mol. The molecule has 5 nitrogen and oxygen atoms in total. The molecule has 0 bridgehead atoms. The smallest absolute Gasteiger partial charge is 0.140 e. The van der Waals surface area contributed by atoms with Gasteiger partial charge in [-0.3, -0.25) is 4.90 Å². The van der Waals surface area contributed by atoms with E-state index in [1.165, 1.54) is 12.8 Å². The van der Waals surface area contributed by atoms with Crippen molar-refractivity contribution in [1.29, 1.82) is 0 Å². The second-order valence-corrected chi connectivity index (χ2v) is 6.84. The number of aliphatic hydroxyl groups is 1. The summed E-state index contributed by atoms with van der Waals surface area (Å²) in [6.45, 7) is 3.57. The molecule has 5 heteroatoms. The third-order valence-electron chi connectivity index (χ3n) is 5.26. The van der Waals surface area contributed by atoms with Crippen LogP contribution in [0.25, 0.3) is 0 Å². The van der Waals surface area contributed by atoms with Crippen LogP contribution >= 0.6 is 0 Å². The maximum absolute atomic E-state index is 10.3. The lowest BCUT2D eigenvalue weighted by molar-refractivity contribution is -0.177. The molecule has 2 saturated heterocycles. The molecule has 4 rings (SSSR count). The van der Waals surface area contributed by atoms with Crippen molar-refractivity contribution in [3.63, 3.8) is 0 Å². The van der Waals surface area contributed by atoms with E-state index in [2.05, 4.69) is 16.1 Å². The molecule has 21 heavy (non-hydrogen) atoms. The van der Waals surface area contributed by atoms with E-state index >= 15 is 0 Å². The molecule has 1 unspecified atom stereocenters. The summed E-state index contributed by atoms with van der Waals surface area (Å²) in [7, 11) is 0. The summed E-state index contributed by atoms with van der Waals surface area (Å²) in [6.07, 6.45) is 5.90. The number of aromatic nitrogens is 1. The molecule has 116 valence electrons. The number of ether oxygens (including phenoxy) is 1. The lowest BCUT2D eigenvalue weighted by atomic mass is 9.82. The van der Waals surface area contributed by atoms with E-state index in [4.69, 9.17) is 9.26 Å². The maximum Gasteiger partial charge on any atom is 0.140 e. The molecular weight excluding hydrogens is 268 g/mol. The summed E-state index contributed by atoms with van der Waals surface area (Å²) in [5, 5.41) is 14.5. The largest absolute Gasteiger partial charge is 0.390 e. The highest BCUT2D eigenvalue weighted by atomic mass is 16.5. The monoisotopic (exact) mass is 292 g/mol. The Morgan fingerprint density at radius 1 is 1.29 bits per heavy atom. The molecule has 1 aromatic rings. The highest BCUT2D eigenvalue weighted by Crippen LogP contribution is 2.40. The van der Waals surface area contributed by atoms with E-state index in [1.807, 2.05) is 0 Å². The van der Waals surface area contributed by atoms with Crippen molar-refractivity contribution in [2.45, 2.75) is 62.7 Å². The Kier molecular flexibility index (Phi) is 3.52. The molecule has 1 atom stereocenters. The molecule has 1 saturated carbocycles. The zero-order chi connectivity index (χ0) is 14.3. The minimum Gasteiger partial charge on any atom is -0.390 e. The van der Waals surface area contributed by atoms with Crippen molar-refractivity contribution in [3.05, 3.63) is 17.5 Å². The van der Waals surface area contributed by atoms with Crippen molar-refractivity contribution >= 4 is 0 Å². The van der Waals surface area contributed by atoms with Crippen molar-refractivity contribution in [3.8, 4) is 0 Å². The summed E-state index contributed by atoms with van der Waals surface area (Å²) in [4.78, 5) is 2.39. The van der Waals surface area contributed by atoms with Crippen LogP contribution in [-0.2, 0) is 11.3 Å². The fourth-order valence-corrected chi connectivity index (χ4v) is 3.67. The van der Waals surface area contributed by atoms with E-state index < -0.39 is 0 Å². The summed E-state index contributed by atoms with van der Waals surface area (Å²) in [5.41, 5.74) is 0.760. The molecule has 3 aliphatic rings. The first-order chi connectivity index (χ1) is 10.3. The van der Waals surface area contributed by atoms with Crippen molar-refractivity contribution in [1.82, 2.24) is 10.1 Å². The number of hydrogen-bond acceptors (Lipinski definition) is 5. The fraction of sp³-hybridized carbons (Fsp3) is 0.812. The molecular formula is C16H24N2O3. The first-order valence-electron chi connectivity index (χ1n) is 8.25. The molecule has 0 radical (unpaired) electrons. The number of rotatable bonds is 3. The van der Waals surface area contributed by atoms with Gasteiger partial charge in [-0.1, -0.05) is 5.16 Å². The van der Waals surface area contributed by atoms with Gasteiger partial charge in [-0.2, -0.15) is 0 Å². The SMILES string of the molecule is OC1CCCOC12CCN(Cc1cc(C3CC3)on1)CC2. The molecule has 0 amide bonds. The van der Waals surface area contributed by atoms with Crippen LogP contribution in [0.1, 0.15) is 55.9 Å². The van der Waals surface area contributed by atoms with E-state index in [0.717, 1.165) is 63.4 Å². The lowest BCUT2D eigenvalue weighted by Gasteiger charge is -2.46. The van der Waals surface area contributed by atoms with Gasteiger partial charge < -0.3 is 14.4 Å². The van der Waals surface area contributed by atoms with Crippen LogP contribution in [0, 0.1) is 0 Å². The average Bonchev–Trinajstić information content (AvgIpc) is 3.25. The summed E-state index contributed by atoms with van der Waals surface area (Å²) in [5.74, 6) is 1.69. The second kappa shape index (κ2) is 5.38. The number of hydrogen-bond donors (Lipinski definition) is 1. The van der Waals surface area contributed by atoms with E-state index in [1.54, 1.807) is 0 Å². The van der Waals surface area contributed by atoms with E-state index in [0.29, 0.717) is 5.92 Å². The predicted octanol–water partition coefficient (Wildman–Crippen LogP) is 2.06. The lowest BCUT2D eigenvalue weighted by Crippen LogP contribution is -2.55. The molecule has 3 fully saturated rings. The summed E-state index contributed by atoms with van der Waals surface area (Å²) in [6, 6.07) is 2.12. The standard InChI is InChI=1S/C16H24N2O3/c19-15-2-1-9-20-16(15)5-7-18(8-6-16)11-13-10-14(21-17-13)12-3-4-12/h10,12,15,19H,1-9,11H2. The highest BCUT2D eigenvalue weighted by Gasteiger charge is 2.43. The number of piperidine rings is 1. The van der Waals surface area contributed by atoms with Gasteiger partial charge in [-0.05, 0) is 38.5 Å². The predicted molar refractivity (Wildman–Crippen MR) is 76.9 cm³/mol. The quantitative estimate of drug-likeness (QED) is 0.924. The third kappa shape index (κ3) is 2.74. The first kappa shape index (κ1) is 13.7. The van der Waals surface area contributed by atoms with Crippen LogP contribution in [-0.4, -0.2) is 46.6 Å². The Morgan fingerprint density at radius 2 is 2.10 bits per heavy atom. The zero-order valence-corrected chi connectivity index (χ0v) is 12.5. The molecule has 1 N–H and O–H groups in total. The van der Waals surface area contributed by atoms with Gasteiger partial charge in [-0.15, -0.1) is 0 Å². The zero-order valence-electron chi connectivity index (χ0n) is 12.5. The van der Waals surface area contributed by atoms with E-state index in [-0.39, 0.29) is 11.7 Å². The Hall–Kier alpha value is -0.910. The molecule has 1 aromatic heterocycles. The van der Waals surface area contributed by atoms with Crippen LogP contribution in [0.4, 0.5) is 0 Å². The third-order valence-corrected chi connectivity index (χ3v) is 5.26. The Balaban J connectivity index is 1.34. The molecule has 0 aromatic carbocycles. The van der Waals surface area contributed by atoms with Crippen molar-refractivity contribution in [2.75, 3.05) is 19.7 Å². The maximum atomic E-state index is 10.3. The Labute approximate surface area is 125 Å². The number of nitrogens with zero attached hydrogens (tertiary/aromatic N) is 2. The van der Waals surface area contributed by atoms with Crippen LogP contribution < -0.4 is 0 Å². The second-order valence-electron chi connectivity index (χ2n) is 6.84. The van der Waals surface area contributed by atoms with Gasteiger partial charge >= 0.3 is 0 Å². The van der Waals surface area contributed by atoms with E-state index in [9.17, 15) is 5.11 Å². The number of likely N-dealkylation sites (tertiary alicyclic amines) is 1. The molecule has 1 aliphatic carbocycles. The van der Waals surface area contributed by atoms with Gasteiger partial charge in [0, 0.05) is 38.2 Å². The highest BCUT2D eigenvalue weighted by molar-refractivity contribution is 5.14. The minimum atomic E-state index is -0.290. The van der Waals surface area contributed by atoms with Gasteiger partial charge in [0.1, 0.15) is 5.76 Å². The van der Waals surface area contributed by atoms with Crippen molar-refractivity contribution in [2.24, 2.45) is 0 Å². The molecule has 2 aliphatic heterocycles. The summed E-state index contributed by atoms with van der Waals surface area (Å²) >= 11 is 0. The number of aliphatic hydroxyl groups excluding tert-OH is 1. The topological polar surface area (TPSA) is 58.7 Å². The van der Waals surface area contributed by atoms with Crippen LogP contribution in [0.15, 0.2) is 10.6 Å². The fourth-order valence-electron chi connectivity index (χ4n) is 3.67. The van der Waals surface area contributed by atoms with Crippen LogP contribution in [0.3, 0.4) is 0 Å². The Bertz CT molecular complexity index is 489. The van der Waals surface area contributed by atoms with Gasteiger partial charge in [0.15, 0.2) is 0 Å². The van der Waals surface area contributed by atoms with Gasteiger partial charge in [-0.25, -0.2) is 0 Å². The molecule has 1 spiro atoms. The van der Waals surface area contributed by atoms with Crippen LogP contribution in [0.5, 0.6) is 0 Å². The van der Waals surface area contributed by atoms with Crippen molar-refractivity contribution < 1.29 is 14.4 Å². The van der Waals surface area contributed by atoms with Gasteiger partial charge in [0.05, 0.1) is 17.4 Å². The normalized spacial score (nSPS) is 29.9. The summed E-state index contributed by atoms with van der Waals surface area (Å²) < 4.78 is 11.4. The van der Waals surface area contributed by atoms with Gasteiger partial charge in [0.2, 0.25) is 0 Å². The Morgan fingerprint density at radius 3 is 2.81 bits per heavy atom. The van der Waals surface area contributed by atoms with Crippen LogP contribution in [0.2, 0.25) is 0 Å². The molecule has 3 heterocycles. The first-order valence-corrected chi connectivity index (χ1v) is 8.25.